The average Bonchev–Trinajstić information content (AvgIpc) is 3.35. The minimum Gasteiger partial charge on any atom is -0.394 e. The van der Waals surface area contributed by atoms with Crippen LogP contribution in [0.5, 0.6) is 0 Å². The molecule has 0 aromatic rings. The first-order valence-corrected chi connectivity index (χ1v) is 27.7. The summed E-state index contributed by atoms with van der Waals surface area (Å²) >= 11 is 0. The van der Waals surface area contributed by atoms with Crippen LogP contribution in [0.1, 0.15) is 213 Å². The third-order valence-electron chi connectivity index (χ3n) is 13.6. The number of allylic oxidation sites excluding steroid dienone is 5. The lowest BCUT2D eigenvalue weighted by atomic mass is 9.97. The quantitative estimate of drug-likeness (QED) is 0.0207. The van der Waals surface area contributed by atoms with E-state index in [0.717, 1.165) is 57.8 Å². The first-order chi connectivity index (χ1) is 33.6. The molecule has 2 fully saturated rings. The third kappa shape index (κ3) is 28.3. The minimum absolute atomic E-state index is 0.247. The second-order valence-electron chi connectivity index (χ2n) is 19.7. The lowest BCUT2D eigenvalue weighted by Crippen LogP contribution is -2.65. The van der Waals surface area contributed by atoms with Crippen molar-refractivity contribution in [3.05, 3.63) is 36.5 Å². The second-order valence-corrected chi connectivity index (χ2v) is 19.7. The number of ether oxygens (including phenoxy) is 4. The molecule has 12 unspecified atom stereocenters. The summed E-state index contributed by atoms with van der Waals surface area (Å²) in [5.41, 5.74) is 0. The Labute approximate surface area is 417 Å². The van der Waals surface area contributed by atoms with Crippen LogP contribution < -0.4 is 5.32 Å². The highest BCUT2D eigenvalue weighted by Crippen LogP contribution is 2.30. The van der Waals surface area contributed by atoms with Gasteiger partial charge in [-0.3, -0.25) is 4.79 Å². The highest BCUT2D eigenvalue weighted by atomic mass is 16.7. The van der Waals surface area contributed by atoms with E-state index in [-0.39, 0.29) is 18.9 Å². The number of unbranched alkanes of at least 4 members (excludes halogenated alkanes) is 26. The van der Waals surface area contributed by atoms with Gasteiger partial charge in [-0.25, -0.2) is 0 Å². The zero-order chi connectivity index (χ0) is 50.3. The molecular weight excluding hydrogens is 883 g/mol. The van der Waals surface area contributed by atoms with Gasteiger partial charge < -0.3 is 65.1 Å². The third-order valence-corrected chi connectivity index (χ3v) is 13.6. The van der Waals surface area contributed by atoms with Gasteiger partial charge in [0.25, 0.3) is 0 Å². The van der Waals surface area contributed by atoms with Crippen molar-refractivity contribution in [2.24, 2.45) is 0 Å². The van der Waals surface area contributed by atoms with Crippen LogP contribution in [0.4, 0.5) is 0 Å². The minimum atomic E-state index is -1.79. The summed E-state index contributed by atoms with van der Waals surface area (Å²) < 4.78 is 22.7. The molecule has 12 atom stereocenters. The Kier molecular flexibility index (Phi) is 38.2. The molecule has 404 valence electrons. The maximum Gasteiger partial charge on any atom is 0.220 e. The molecule has 1 amide bonds. The highest BCUT2D eigenvalue weighted by Gasteiger charge is 2.51. The van der Waals surface area contributed by atoms with Gasteiger partial charge in [-0.1, -0.05) is 192 Å². The van der Waals surface area contributed by atoms with Crippen molar-refractivity contribution < 1.29 is 64.6 Å². The van der Waals surface area contributed by atoms with E-state index in [2.05, 4.69) is 43.5 Å². The Balaban J connectivity index is 1.82. The first-order valence-electron chi connectivity index (χ1n) is 27.7. The zero-order valence-electron chi connectivity index (χ0n) is 43.1. The van der Waals surface area contributed by atoms with Crippen LogP contribution in [0.15, 0.2) is 36.5 Å². The number of nitrogens with one attached hydrogen (secondary N) is 1. The van der Waals surface area contributed by atoms with Crippen molar-refractivity contribution in [2.45, 2.75) is 286 Å². The molecule has 2 saturated heterocycles. The largest absolute Gasteiger partial charge is 0.394 e. The predicted molar refractivity (Wildman–Crippen MR) is 272 cm³/mol. The van der Waals surface area contributed by atoms with E-state index >= 15 is 0 Å². The summed E-state index contributed by atoms with van der Waals surface area (Å²) in [6, 6.07) is -0.918. The van der Waals surface area contributed by atoms with Gasteiger partial charge in [0.2, 0.25) is 5.91 Å². The van der Waals surface area contributed by atoms with Crippen molar-refractivity contribution in [3.8, 4) is 0 Å². The van der Waals surface area contributed by atoms with E-state index < -0.39 is 86.8 Å². The monoisotopic (exact) mass is 984 g/mol. The molecule has 14 nitrogen and oxygen atoms in total. The van der Waals surface area contributed by atoms with Gasteiger partial charge in [0, 0.05) is 6.42 Å². The summed E-state index contributed by atoms with van der Waals surface area (Å²) in [6.45, 7) is 2.77. The van der Waals surface area contributed by atoms with E-state index in [1.54, 1.807) is 6.08 Å². The van der Waals surface area contributed by atoms with Crippen molar-refractivity contribution in [3.63, 3.8) is 0 Å². The smallest absolute Gasteiger partial charge is 0.220 e. The van der Waals surface area contributed by atoms with E-state index in [4.69, 9.17) is 18.9 Å². The molecule has 0 aromatic heterocycles. The summed E-state index contributed by atoms with van der Waals surface area (Å²) in [4.78, 5) is 13.2. The van der Waals surface area contributed by atoms with Gasteiger partial charge in [-0.2, -0.15) is 0 Å². The molecule has 2 aliphatic heterocycles. The summed E-state index contributed by atoms with van der Waals surface area (Å²) in [6.07, 6.45) is 31.7. The number of carbonyl (C=O) groups excluding carboxylic acids is 1. The van der Waals surface area contributed by atoms with Crippen LogP contribution in [0.2, 0.25) is 0 Å². The average molecular weight is 984 g/mol. The summed E-state index contributed by atoms with van der Waals surface area (Å²) in [5, 5.41) is 86.9. The number of aliphatic hydroxyl groups excluding tert-OH is 8. The van der Waals surface area contributed by atoms with Crippen LogP contribution in [0, 0.1) is 0 Å². The molecule has 69 heavy (non-hydrogen) atoms. The van der Waals surface area contributed by atoms with Crippen molar-refractivity contribution in [2.75, 3.05) is 19.8 Å². The number of hydrogen-bond acceptors (Lipinski definition) is 13. The molecule has 0 aromatic carbocycles. The topological polar surface area (TPSA) is 228 Å². The van der Waals surface area contributed by atoms with Crippen molar-refractivity contribution in [1.29, 1.82) is 0 Å². The van der Waals surface area contributed by atoms with Gasteiger partial charge in [-0.05, 0) is 51.4 Å². The molecule has 0 bridgehead atoms. The second kappa shape index (κ2) is 41.7. The molecule has 14 heteroatoms. The molecular formula is C55H101NO13. The lowest BCUT2D eigenvalue weighted by molar-refractivity contribution is -0.359. The molecule has 0 saturated carbocycles. The zero-order valence-corrected chi connectivity index (χ0v) is 43.1. The van der Waals surface area contributed by atoms with Gasteiger partial charge in [0.1, 0.15) is 48.8 Å². The van der Waals surface area contributed by atoms with E-state index in [9.17, 15) is 45.6 Å². The predicted octanol–water partition coefficient (Wildman–Crippen LogP) is 8.27. The molecule has 0 aliphatic carbocycles. The fourth-order valence-corrected chi connectivity index (χ4v) is 9.03. The molecule has 2 rings (SSSR count). The first kappa shape index (κ1) is 63.3. The van der Waals surface area contributed by atoms with Gasteiger partial charge in [-0.15, -0.1) is 0 Å². The van der Waals surface area contributed by atoms with Gasteiger partial charge in [0.05, 0.1) is 32.0 Å². The van der Waals surface area contributed by atoms with Crippen LogP contribution in [-0.4, -0.2) is 140 Å². The fraction of sp³-hybridized carbons (Fsp3) is 0.873. The number of aliphatic hydroxyl groups is 8. The highest BCUT2D eigenvalue weighted by molar-refractivity contribution is 5.76. The Morgan fingerprint density at radius 2 is 0.957 bits per heavy atom. The van der Waals surface area contributed by atoms with Crippen LogP contribution in [0.25, 0.3) is 0 Å². The van der Waals surface area contributed by atoms with Crippen LogP contribution in [-0.2, 0) is 23.7 Å². The van der Waals surface area contributed by atoms with Crippen molar-refractivity contribution in [1.82, 2.24) is 5.32 Å². The van der Waals surface area contributed by atoms with E-state index in [1.807, 2.05) is 6.08 Å². The Hall–Kier alpha value is -1.79. The SMILES string of the molecule is CCCCC/C=C\C/C=C\CCCCCCCCCC(=O)NC(COC1OC(CO)C(OC2OC(CO)C(O)C(O)C2O)C(O)C1O)C(O)/C=C/CCCCCCCCCCCCCCCCCC. The molecule has 0 spiro atoms. The fourth-order valence-electron chi connectivity index (χ4n) is 9.03. The molecule has 0 radical (unpaired) electrons. The lowest BCUT2D eigenvalue weighted by Gasteiger charge is -2.46. The van der Waals surface area contributed by atoms with Gasteiger partial charge in [0.15, 0.2) is 12.6 Å². The normalized spacial score (nSPS) is 26.4. The maximum absolute atomic E-state index is 13.2. The number of hydrogen-bond donors (Lipinski definition) is 9. The van der Waals surface area contributed by atoms with Gasteiger partial charge >= 0.3 is 0 Å². The standard InChI is InChI=1S/C55H101NO13/c1-3-5-7-9-11-13-15-17-19-21-23-24-26-28-30-32-34-36-38-44(59)43(56-47(60)39-37-35-33-31-29-27-25-22-20-18-16-14-12-10-8-6-4-2)42-66-54-52(65)50(63)53(46(41-58)68-54)69-55-51(64)49(62)48(61)45(40-57)67-55/h12,14,18,20,36,38,43-46,48-55,57-59,61-65H,3-11,13,15-17,19,21-35,37,39-42H2,1-2H3,(H,56,60)/b14-12-,20-18-,38-36+. The molecule has 2 aliphatic rings. The van der Waals surface area contributed by atoms with E-state index in [0.29, 0.717) is 6.42 Å². The summed E-state index contributed by atoms with van der Waals surface area (Å²) in [5.74, 6) is -0.247. The Morgan fingerprint density at radius 1 is 0.522 bits per heavy atom. The maximum atomic E-state index is 13.2. The van der Waals surface area contributed by atoms with Crippen molar-refractivity contribution >= 4 is 5.91 Å². The Bertz CT molecular complexity index is 1300. The number of carbonyl (C=O) groups is 1. The van der Waals surface area contributed by atoms with Crippen LogP contribution >= 0.6 is 0 Å². The van der Waals surface area contributed by atoms with Crippen LogP contribution in [0.3, 0.4) is 0 Å². The molecule has 2 heterocycles. The van der Waals surface area contributed by atoms with E-state index in [1.165, 1.54) is 128 Å². The Morgan fingerprint density at radius 3 is 1.48 bits per heavy atom. The number of amides is 1. The summed E-state index contributed by atoms with van der Waals surface area (Å²) in [7, 11) is 0. The molecule has 9 N–H and O–H groups in total. The number of rotatable bonds is 43.